The zero-order valence-corrected chi connectivity index (χ0v) is 3.93. The molecule has 2 heteroatoms. The van der Waals surface area contributed by atoms with Gasteiger partial charge in [0.15, 0.2) is 0 Å². The fraction of sp³-hybridized carbons (Fsp3) is 0.500. The normalized spacial score (nSPS) is 11.3. The molecule has 0 atom stereocenters. The maximum absolute atomic E-state index is 9.42. The monoisotopic (exact) mass is 85.1 g/mol. The zero-order chi connectivity index (χ0) is 4.99. The lowest BCUT2D eigenvalue weighted by Gasteiger charge is -1.72. The Labute approximate surface area is 36.8 Å². The summed E-state index contributed by atoms with van der Waals surface area (Å²) in [6.45, 7) is 3.43. The topological polar surface area (TPSA) is 29.4 Å². The van der Waals surface area contributed by atoms with Crippen LogP contribution in [0.5, 0.6) is 0 Å². The van der Waals surface area contributed by atoms with Gasteiger partial charge in [0.05, 0.1) is 5.70 Å². The maximum Gasteiger partial charge on any atom is 0.0775 e. The first-order valence-electron chi connectivity index (χ1n) is 1.77. The average Bonchev–Trinajstić information content (AvgIpc) is 1.65. The summed E-state index contributed by atoms with van der Waals surface area (Å²) in [5.74, 6) is 0. The molecule has 0 saturated heterocycles. The zero-order valence-electron chi connectivity index (χ0n) is 3.93. The van der Waals surface area contributed by atoms with Gasteiger partial charge in [-0.25, -0.2) is 0 Å². The minimum atomic E-state index is 0.537. The lowest BCUT2D eigenvalue weighted by atomic mass is 10.5. The summed E-state index contributed by atoms with van der Waals surface area (Å²) in [7, 11) is 0. The quantitative estimate of drug-likeness (QED) is 0.445. The molecule has 0 aromatic rings. The average molecular weight is 85.1 g/mol. The Hall–Kier alpha value is -0.660. The summed E-state index contributed by atoms with van der Waals surface area (Å²) in [6.07, 6.45) is 1.66. The van der Waals surface area contributed by atoms with Crippen molar-refractivity contribution in [2.45, 2.75) is 13.8 Å². The first-order valence-corrected chi connectivity index (χ1v) is 1.77. The number of nitrogens with zero attached hydrogens (tertiary/aromatic N) is 1. The van der Waals surface area contributed by atoms with Crippen molar-refractivity contribution in [2.24, 2.45) is 5.18 Å². The van der Waals surface area contributed by atoms with Crippen molar-refractivity contribution in [1.82, 2.24) is 0 Å². The lowest BCUT2D eigenvalue weighted by molar-refractivity contribution is 1.27. The van der Waals surface area contributed by atoms with Crippen LogP contribution in [0.3, 0.4) is 0 Å². The van der Waals surface area contributed by atoms with E-state index in [1.807, 2.05) is 0 Å². The Morgan fingerprint density at radius 2 is 2.33 bits per heavy atom. The molecule has 0 amide bonds. The van der Waals surface area contributed by atoms with Crippen LogP contribution in [0.4, 0.5) is 0 Å². The molecule has 0 spiro atoms. The summed E-state index contributed by atoms with van der Waals surface area (Å²) >= 11 is 0. The number of rotatable bonds is 1. The van der Waals surface area contributed by atoms with Gasteiger partial charge in [-0.3, -0.25) is 0 Å². The Morgan fingerprint density at radius 3 is 2.33 bits per heavy atom. The van der Waals surface area contributed by atoms with Crippen molar-refractivity contribution >= 4 is 0 Å². The molecule has 34 valence electrons. The number of allylic oxidation sites excluding steroid dienone is 2. The molecular formula is C4H7NO. The number of nitroso groups, excluding NO2 is 1. The van der Waals surface area contributed by atoms with Crippen LogP contribution in [0.1, 0.15) is 13.8 Å². The molecule has 0 rings (SSSR count). The second kappa shape index (κ2) is 2.57. The van der Waals surface area contributed by atoms with Crippen molar-refractivity contribution in [2.75, 3.05) is 0 Å². The summed E-state index contributed by atoms with van der Waals surface area (Å²) in [5, 5.41) is 2.62. The fourth-order valence-corrected chi connectivity index (χ4v) is 0.0527. The molecule has 0 aliphatic carbocycles. The van der Waals surface area contributed by atoms with E-state index in [0.29, 0.717) is 5.70 Å². The smallest absolute Gasteiger partial charge is 0.0775 e. The van der Waals surface area contributed by atoms with E-state index in [9.17, 15) is 4.91 Å². The highest BCUT2D eigenvalue weighted by Crippen LogP contribution is 1.88. The van der Waals surface area contributed by atoms with Crippen LogP contribution in [0.15, 0.2) is 16.9 Å². The van der Waals surface area contributed by atoms with Gasteiger partial charge in [-0.1, -0.05) is 6.08 Å². The van der Waals surface area contributed by atoms with E-state index in [1.54, 1.807) is 19.9 Å². The summed E-state index contributed by atoms with van der Waals surface area (Å²) in [4.78, 5) is 9.42. The van der Waals surface area contributed by atoms with Gasteiger partial charge in [0, 0.05) is 0 Å². The summed E-state index contributed by atoms with van der Waals surface area (Å²) in [6, 6.07) is 0. The molecule has 0 aliphatic heterocycles. The van der Waals surface area contributed by atoms with Crippen LogP contribution in [0, 0.1) is 4.91 Å². The molecule has 0 aromatic heterocycles. The molecule has 0 aliphatic rings. The molecule has 2 nitrogen and oxygen atoms in total. The minimum Gasteiger partial charge on any atom is -0.145 e. The van der Waals surface area contributed by atoms with Gasteiger partial charge >= 0.3 is 0 Å². The first-order chi connectivity index (χ1) is 2.81. The second-order valence-electron chi connectivity index (χ2n) is 1.02. The van der Waals surface area contributed by atoms with Crippen molar-refractivity contribution in [3.05, 3.63) is 16.7 Å². The predicted octanol–water partition coefficient (Wildman–Crippen LogP) is 1.68. The van der Waals surface area contributed by atoms with E-state index < -0.39 is 0 Å². The van der Waals surface area contributed by atoms with E-state index in [4.69, 9.17) is 0 Å². The summed E-state index contributed by atoms with van der Waals surface area (Å²) < 4.78 is 0. The van der Waals surface area contributed by atoms with E-state index in [0.717, 1.165) is 0 Å². The highest BCUT2D eigenvalue weighted by Gasteiger charge is 1.73. The Bertz CT molecular complexity index is 75.6. The van der Waals surface area contributed by atoms with Gasteiger partial charge < -0.3 is 0 Å². The van der Waals surface area contributed by atoms with Crippen LogP contribution >= 0.6 is 0 Å². The highest BCUT2D eigenvalue weighted by molar-refractivity contribution is 4.91. The van der Waals surface area contributed by atoms with Crippen LogP contribution in [0.2, 0.25) is 0 Å². The standard InChI is InChI=1S/C4H7NO/c1-3-4(2)5-6/h3H,1-2H3/b4-3+. The molecule has 0 fully saturated rings. The molecule has 0 bridgehead atoms. The maximum atomic E-state index is 9.42. The third-order valence-electron chi connectivity index (χ3n) is 0.562. The molecular weight excluding hydrogens is 78.0 g/mol. The second-order valence-corrected chi connectivity index (χ2v) is 1.02. The van der Waals surface area contributed by atoms with E-state index in [1.165, 1.54) is 0 Å². The molecule has 0 aromatic carbocycles. The number of hydrogen-bond donors (Lipinski definition) is 0. The van der Waals surface area contributed by atoms with Crippen molar-refractivity contribution in [3.8, 4) is 0 Å². The molecule has 6 heavy (non-hydrogen) atoms. The van der Waals surface area contributed by atoms with Gasteiger partial charge in [-0.05, 0) is 19.0 Å². The largest absolute Gasteiger partial charge is 0.145 e. The Balaban J connectivity index is 3.50. The molecule has 0 heterocycles. The van der Waals surface area contributed by atoms with Crippen LogP contribution in [0.25, 0.3) is 0 Å². The van der Waals surface area contributed by atoms with Gasteiger partial charge in [0.1, 0.15) is 0 Å². The van der Waals surface area contributed by atoms with E-state index >= 15 is 0 Å². The van der Waals surface area contributed by atoms with Crippen LogP contribution in [-0.4, -0.2) is 0 Å². The van der Waals surface area contributed by atoms with Gasteiger partial charge in [-0.15, -0.1) is 4.91 Å². The minimum absolute atomic E-state index is 0.537. The lowest BCUT2D eigenvalue weighted by Crippen LogP contribution is -1.56. The highest BCUT2D eigenvalue weighted by atomic mass is 16.3. The van der Waals surface area contributed by atoms with Crippen molar-refractivity contribution < 1.29 is 0 Å². The van der Waals surface area contributed by atoms with Crippen molar-refractivity contribution in [1.29, 1.82) is 0 Å². The fourth-order valence-electron chi connectivity index (χ4n) is 0.0527. The third kappa shape index (κ3) is 1.64. The van der Waals surface area contributed by atoms with Gasteiger partial charge in [0.2, 0.25) is 0 Å². The van der Waals surface area contributed by atoms with Crippen LogP contribution < -0.4 is 0 Å². The Kier molecular flexibility index (Phi) is 2.29. The van der Waals surface area contributed by atoms with Gasteiger partial charge in [-0.2, -0.15) is 0 Å². The van der Waals surface area contributed by atoms with Crippen molar-refractivity contribution in [3.63, 3.8) is 0 Å². The predicted molar refractivity (Wildman–Crippen MR) is 25.2 cm³/mol. The van der Waals surface area contributed by atoms with Crippen LogP contribution in [-0.2, 0) is 0 Å². The Morgan fingerprint density at radius 1 is 1.83 bits per heavy atom. The molecule has 0 unspecified atom stereocenters. The third-order valence-corrected chi connectivity index (χ3v) is 0.562. The van der Waals surface area contributed by atoms with E-state index in [-0.39, 0.29) is 0 Å². The molecule has 0 N–H and O–H groups in total. The number of hydrogen-bond acceptors (Lipinski definition) is 2. The summed E-state index contributed by atoms with van der Waals surface area (Å²) in [5.41, 5.74) is 0.537. The van der Waals surface area contributed by atoms with E-state index in [2.05, 4.69) is 5.18 Å². The molecule has 0 saturated carbocycles. The van der Waals surface area contributed by atoms with Gasteiger partial charge in [0.25, 0.3) is 0 Å². The SMILES string of the molecule is C/C=C(\C)N=O. The molecule has 0 radical (unpaired) electrons. The first kappa shape index (κ1) is 5.34.